The number of hydrogen-bond acceptors (Lipinski definition) is 5. The highest BCUT2D eigenvalue weighted by Gasteiger charge is 2.32. The number of amides is 1. The number of carbonyl (C=O) groups excluding carboxylic acids is 1. The number of nitrogens with two attached hydrogens (primary N) is 1. The van der Waals surface area contributed by atoms with Gasteiger partial charge < -0.3 is 10.2 Å². The van der Waals surface area contributed by atoms with Crippen molar-refractivity contribution in [2.45, 2.75) is 26.2 Å². The van der Waals surface area contributed by atoms with Crippen molar-refractivity contribution in [3.63, 3.8) is 0 Å². The predicted octanol–water partition coefficient (Wildman–Crippen LogP) is 0.692. The monoisotopic (exact) mass is 224 g/mol. The highest BCUT2D eigenvalue weighted by atomic mass is 16.4. The molecule has 2 atom stereocenters. The zero-order chi connectivity index (χ0) is 11.5. The molecule has 3 N–H and O–H groups in total. The zero-order valence-electron chi connectivity index (χ0n) is 9.27. The number of carbonyl (C=O) groups is 1. The third-order valence-electron chi connectivity index (χ3n) is 3.05. The van der Waals surface area contributed by atoms with Gasteiger partial charge in [0.1, 0.15) is 0 Å². The summed E-state index contributed by atoms with van der Waals surface area (Å²) in [4.78, 5) is 11.9. The molecule has 0 saturated heterocycles. The molecule has 0 aromatic carbocycles. The van der Waals surface area contributed by atoms with Gasteiger partial charge in [0.2, 0.25) is 11.8 Å². The van der Waals surface area contributed by atoms with E-state index in [-0.39, 0.29) is 23.8 Å². The average Bonchev–Trinajstić information content (AvgIpc) is 2.86. The van der Waals surface area contributed by atoms with Crippen molar-refractivity contribution in [3.05, 3.63) is 5.89 Å². The molecule has 2 unspecified atom stereocenters. The summed E-state index contributed by atoms with van der Waals surface area (Å²) < 4.78 is 5.10. The van der Waals surface area contributed by atoms with Crippen molar-refractivity contribution in [1.29, 1.82) is 0 Å². The van der Waals surface area contributed by atoms with Gasteiger partial charge in [-0.25, -0.2) is 0 Å². The van der Waals surface area contributed by atoms with E-state index in [1.54, 1.807) is 6.92 Å². The molecule has 6 heteroatoms. The second-order valence-corrected chi connectivity index (χ2v) is 4.15. The average molecular weight is 224 g/mol. The molecule has 2 rings (SSSR count). The minimum absolute atomic E-state index is 0.0165. The molecule has 0 aliphatic heterocycles. The topological polar surface area (TPSA) is 94.0 Å². The Bertz CT molecular complexity index is 377. The number of nitrogens with zero attached hydrogens (tertiary/aromatic N) is 2. The summed E-state index contributed by atoms with van der Waals surface area (Å²) in [5.74, 6) is 0.648. The minimum Gasteiger partial charge on any atom is -0.408 e. The Labute approximate surface area is 93.6 Å². The maximum atomic E-state index is 11.9. The maximum Gasteiger partial charge on any atom is 0.322 e. The van der Waals surface area contributed by atoms with E-state index in [4.69, 9.17) is 10.2 Å². The van der Waals surface area contributed by atoms with E-state index in [9.17, 15) is 4.79 Å². The van der Waals surface area contributed by atoms with Crippen LogP contribution >= 0.6 is 0 Å². The Morgan fingerprint density at radius 2 is 2.38 bits per heavy atom. The Hall–Kier alpha value is -1.43. The quantitative estimate of drug-likeness (QED) is 0.787. The molecule has 0 spiro atoms. The van der Waals surface area contributed by atoms with Crippen LogP contribution in [-0.2, 0) is 4.79 Å². The Kier molecular flexibility index (Phi) is 3.19. The first-order valence-electron chi connectivity index (χ1n) is 5.51. The SMILES string of the molecule is Cc1nnc(NC(=O)C2CCCC2CN)o1. The lowest BCUT2D eigenvalue weighted by Gasteiger charge is -2.15. The van der Waals surface area contributed by atoms with Gasteiger partial charge in [-0.3, -0.25) is 10.1 Å². The van der Waals surface area contributed by atoms with Crippen molar-refractivity contribution in [3.8, 4) is 0 Å². The van der Waals surface area contributed by atoms with Gasteiger partial charge in [-0.05, 0) is 25.3 Å². The van der Waals surface area contributed by atoms with E-state index in [2.05, 4.69) is 15.5 Å². The number of rotatable bonds is 3. The standard InChI is InChI=1S/C10H16N4O2/c1-6-13-14-10(16-6)12-9(15)8-4-2-3-7(8)5-11/h7-8H,2-5,11H2,1H3,(H,12,14,15). The van der Waals surface area contributed by atoms with E-state index in [1.807, 2.05) is 0 Å². The fourth-order valence-electron chi connectivity index (χ4n) is 2.21. The molecule has 1 aliphatic rings. The molecule has 6 nitrogen and oxygen atoms in total. The molecule has 16 heavy (non-hydrogen) atoms. The number of hydrogen-bond donors (Lipinski definition) is 2. The molecule has 0 bridgehead atoms. The molecular formula is C10H16N4O2. The third kappa shape index (κ3) is 2.21. The lowest BCUT2D eigenvalue weighted by molar-refractivity contribution is -0.120. The van der Waals surface area contributed by atoms with E-state index in [0.29, 0.717) is 12.4 Å². The van der Waals surface area contributed by atoms with Gasteiger partial charge in [0, 0.05) is 12.8 Å². The molecule has 88 valence electrons. The summed E-state index contributed by atoms with van der Waals surface area (Å²) in [5, 5.41) is 10.0. The van der Waals surface area contributed by atoms with Crippen molar-refractivity contribution < 1.29 is 9.21 Å². The van der Waals surface area contributed by atoms with Crippen molar-refractivity contribution in [2.75, 3.05) is 11.9 Å². The predicted molar refractivity (Wildman–Crippen MR) is 57.6 cm³/mol. The first kappa shape index (κ1) is 11.1. The van der Waals surface area contributed by atoms with Gasteiger partial charge >= 0.3 is 6.01 Å². The van der Waals surface area contributed by atoms with Crippen LogP contribution in [0.4, 0.5) is 6.01 Å². The third-order valence-corrected chi connectivity index (χ3v) is 3.05. The summed E-state index contributed by atoms with van der Waals surface area (Å²) in [5.41, 5.74) is 5.63. The highest BCUT2D eigenvalue weighted by molar-refractivity contribution is 5.90. The fourth-order valence-corrected chi connectivity index (χ4v) is 2.21. The second kappa shape index (κ2) is 4.61. The highest BCUT2D eigenvalue weighted by Crippen LogP contribution is 2.31. The van der Waals surface area contributed by atoms with Gasteiger partial charge in [0.15, 0.2) is 0 Å². The van der Waals surface area contributed by atoms with Crippen LogP contribution < -0.4 is 11.1 Å². The van der Waals surface area contributed by atoms with Crippen LogP contribution in [0, 0.1) is 18.8 Å². The van der Waals surface area contributed by atoms with Crippen LogP contribution in [0.3, 0.4) is 0 Å². The molecule has 0 radical (unpaired) electrons. The Morgan fingerprint density at radius 3 is 3.00 bits per heavy atom. The Morgan fingerprint density at radius 1 is 1.56 bits per heavy atom. The molecular weight excluding hydrogens is 208 g/mol. The van der Waals surface area contributed by atoms with Gasteiger partial charge in [-0.2, -0.15) is 0 Å². The molecule has 1 saturated carbocycles. The van der Waals surface area contributed by atoms with Crippen LogP contribution in [0.2, 0.25) is 0 Å². The smallest absolute Gasteiger partial charge is 0.322 e. The molecule has 1 aromatic rings. The van der Waals surface area contributed by atoms with E-state index in [1.165, 1.54) is 0 Å². The number of aryl methyl sites for hydroxylation is 1. The van der Waals surface area contributed by atoms with Crippen LogP contribution in [-0.4, -0.2) is 22.6 Å². The Balaban J connectivity index is 1.97. The first-order chi connectivity index (χ1) is 7.70. The zero-order valence-corrected chi connectivity index (χ0v) is 9.27. The number of aromatic nitrogens is 2. The van der Waals surface area contributed by atoms with Gasteiger partial charge in [0.25, 0.3) is 0 Å². The fraction of sp³-hybridized carbons (Fsp3) is 0.700. The van der Waals surface area contributed by atoms with Crippen LogP contribution in [0.25, 0.3) is 0 Å². The van der Waals surface area contributed by atoms with Crippen molar-refractivity contribution in [2.24, 2.45) is 17.6 Å². The summed E-state index contributed by atoms with van der Waals surface area (Å²) in [6.45, 7) is 2.24. The van der Waals surface area contributed by atoms with E-state index >= 15 is 0 Å². The first-order valence-corrected chi connectivity index (χ1v) is 5.51. The summed E-state index contributed by atoms with van der Waals surface area (Å²) in [6, 6.07) is 0.171. The summed E-state index contributed by atoms with van der Waals surface area (Å²) in [7, 11) is 0. The summed E-state index contributed by atoms with van der Waals surface area (Å²) in [6.07, 6.45) is 2.97. The van der Waals surface area contributed by atoms with Gasteiger partial charge in [0.05, 0.1) is 0 Å². The van der Waals surface area contributed by atoms with Crippen molar-refractivity contribution in [1.82, 2.24) is 10.2 Å². The number of nitrogens with one attached hydrogen (secondary N) is 1. The van der Waals surface area contributed by atoms with Gasteiger partial charge in [-0.1, -0.05) is 11.5 Å². The maximum absolute atomic E-state index is 11.9. The minimum atomic E-state index is -0.0587. The van der Waals surface area contributed by atoms with E-state index < -0.39 is 0 Å². The van der Waals surface area contributed by atoms with Crippen molar-refractivity contribution >= 4 is 11.9 Å². The lowest BCUT2D eigenvalue weighted by Crippen LogP contribution is -2.29. The largest absolute Gasteiger partial charge is 0.408 e. The molecule has 1 amide bonds. The second-order valence-electron chi connectivity index (χ2n) is 4.15. The van der Waals surface area contributed by atoms with Crippen LogP contribution in [0.15, 0.2) is 4.42 Å². The molecule has 1 fully saturated rings. The van der Waals surface area contributed by atoms with Crippen LogP contribution in [0.1, 0.15) is 25.2 Å². The molecule has 1 aromatic heterocycles. The number of anilines is 1. The lowest BCUT2D eigenvalue weighted by atomic mass is 9.95. The van der Waals surface area contributed by atoms with Crippen LogP contribution in [0.5, 0.6) is 0 Å². The van der Waals surface area contributed by atoms with Gasteiger partial charge in [-0.15, -0.1) is 5.10 Å². The normalized spacial score (nSPS) is 24.6. The molecule has 1 aliphatic carbocycles. The summed E-state index contributed by atoms with van der Waals surface area (Å²) >= 11 is 0. The van der Waals surface area contributed by atoms with E-state index in [0.717, 1.165) is 19.3 Å². The molecule has 1 heterocycles.